The molecule has 0 spiro atoms. The Kier molecular flexibility index (Phi) is 2.35. The number of amides is 1. The van der Waals surface area contributed by atoms with Gasteiger partial charge >= 0.3 is 0 Å². The van der Waals surface area contributed by atoms with Gasteiger partial charge in [0.25, 0.3) is 15.9 Å². The van der Waals surface area contributed by atoms with Crippen LogP contribution in [0.25, 0.3) is 0 Å². The van der Waals surface area contributed by atoms with Crippen LogP contribution in [0.3, 0.4) is 0 Å². The molecule has 1 aliphatic rings. The van der Waals surface area contributed by atoms with Gasteiger partial charge in [-0.1, -0.05) is 24.3 Å². The summed E-state index contributed by atoms with van der Waals surface area (Å²) in [6, 6.07) is 6.22. The minimum Gasteiger partial charge on any atom is -0.268 e. The number of carbonyl (C=O) groups is 1. The molecular formula is C11H11NO3S. The van der Waals surface area contributed by atoms with Crippen molar-refractivity contribution in [3.8, 4) is 0 Å². The van der Waals surface area contributed by atoms with Gasteiger partial charge in [-0.15, -0.1) is 0 Å². The second-order valence-corrected chi connectivity index (χ2v) is 5.60. The van der Waals surface area contributed by atoms with Crippen LogP contribution >= 0.6 is 0 Å². The maximum absolute atomic E-state index is 12.0. The summed E-state index contributed by atoms with van der Waals surface area (Å²) < 4.78 is 24.8. The van der Waals surface area contributed by atoms with Crippen LogP contribution < -0.4 is 0 Å². The van der Waals surface area contributed by atoms with Crippen LogP contribution in [0.2, 0.25) is 0 Å². The molecular weight excluding hydrogens is 226 g/mol. The van der Waals surface area contributed by atoms with E-state index >= 15 is 0 Å². The molecule has 0 aliphatic carbocycles. The minimum absolute atomic E-state index is 0.0375. The van der Waals surface area contributed by atoms with Crippen molar-refractivity contribution < 1.29 is 13.2 Å². The molecule has 84 valence electrons. The van der Waals surface area contributed by atoms with Crippen molar-refractivity contribution in [1.82, 2.24) is 4.31 Å². The molecule has 5 heteroatoms. The molecule has 2 rings (SSSR count). The smallest absolute Gasteiger partial charge is 0.268 e. The molecule has 0 saturated carbocycles. The molecule has 0 aromatic heterocycles. The Hall–Kier alpha value is -1.62. The van der Waals surface area contributed by atoms with Gasteiger partial charge in [0, 0.05) is 0 Å². The Morgan fingerprint density at radius 2 is 2.00 bits per heavy atom. The van der Waals surface area contributed by atoms with Gasteiger partial charge in [0.2, 0.25) is 0 Å². The van der Waals surface area contributed by atoms with Crippen LogP contribution in [0, 0.1) is 0 Å². The van der Waals surface area contributed by atoms with Gasteiger partial charge in [-0.05, 0) is 19.1 Å². The first kappa shape index (κ1) is 10.9. The first-order valence-electron chi connectivity index (χ1n) is 4.75. The highest BCUT2D eigenvalue weighted by Gasteiger charge is 2.40. The normalized spacial score (nSPS) is 17.3. The number of sulfonamides is 1. The Morgan fingerprint density at radius 1 is 1.38 bits per heavy atom. The van der Waals surface area contributed by atoms with Crippen LogP contribution in [-0.2, 0) is 10.0 Å². The lowest BCUT2D eigenvalue weighted by Crippen LogP contribution is -2.31. The molecule has 0 radical (unpaired) electrons. The lowest BCUT2D eigenvalue weighted by atomic mass is 10.2. The number of rotatable bonds is 2. The molecule has 1 heterocycles. The first-order chi connectivity index (χ1) is 7.44. The predicted molar refractivity (Wildman–Crippen MR) is 59.5 cm³/mol. The Balaban J connectivity index is 2.58. The maximum Gasteiger partial charge on any atom is 0.269 e. The van der Waals surface area contributed by atoms with Gasteiger partial charge in [0.1, 0.15) is 4.90 Å². The Labute approximate surface area is 94.2 Å². The lowest BCUT2D eigenvalue weighted by molar-refractivity contribution is 0.0878. The summed E-state index contributed by atoms with van der Waals surface area (Å²) in [7, 11) is -3.67. The van der Waals surface area contributed by atoms with E-state index in [0.29, 0.717) is 5.57 Å². The van der Waals surface area contributed by atoms with E-state index in [4.69, 9.17) is 0 Å². The number of fused-ring (bicyclic) bond motifs is 1. The van der Waals surface area contributed by atoms with Gasteiger partial charge in [-0.25, -0.2) is 12.7 Å². The third-order valence-electron chi connectivity index (χ3n) is 2.33. The molecule has 4 nitrogen and oxygen atoms in total. The van der Waals surface area contributed by atoms with Crippen molar-refractivity contribution in [3.05, 3.63) is 42.0 Å². The fourth-order valence-corrected chi connectivity index (χ4v) is 3.26. The maximum atomic E-state index is 12.0. The molecule has 1 amide bonds. The van der Waals surface area contributed by atoms with E-state index in [-0.39, 0.29) is 17.0 Å². The van der Waals surface area contributed by atoms with E-state index in [9.17, 15) is 13.2 Å². The Bertz CT molecular complexity index is 575. The highest BCUT2D eigenvalue weighted by molar-refractivity contribution is 7.90. The molecule has 1 aromatic rings. The van der Waals surface area contributed by atoms with Gasteiger partial charge in [-0.2, -0.15) is 0 Å². The summed E-state index contributed by atoms with van der Waals surface area (Å²) in [5, 5.41) is 0. The van der Waals surface area contributed by atoms with Crippen LogP contribution in [0.4, 0.5) is 0 Å². The van der Waals surface area contributed by atoms with Crippen molar-refractivity contribution in [2.45, 2.75) is 11.8 Å². The van der Waals surface area contributed by atoms with Crippen molar-refractivity contribution in [3.63, 3.8) is 0 Å². The summed E-state index contributed by atoms with van der Waals surface area (Å²) in [6.45, 7) is 5.35. The third kappa shape index (κ3) is 1.44. The zero-order valence-electron chi connectivity index (χ0n) is 8.80. The molecule has 0 atom stereocenters. The summed E-state index contributed by atoms with van der Waals surface area (Å²) in [5.41, 5.74) is 0.869. The third-order valence-corrected chi connectivity index (χ3v) is 4.11. The molecule has 0 saturated heterocycles. The SMILES string of the molecule is C=C(C)CN1C(=O)c2ccccc2S1(=O)=O. The van der Waals surface area contributed by atoms with Crippen LogP contribution in [-0.4, -0.2) is 25.2 Å². The van der Waals surface area contributed by atoms with E-state index in [1.165, 1.54) is 12.1 Å². The minimum atomic E-state index is -3.67. The van der Waals surface area contributed by atoms with Crippen LogP contribution in [0.1, 0.15) is 17.3 Å². The summed E-state index contributed by atoms with van der Waals surface area (Å²) >= 11 is 0. The van der Waals surface area contributed by atoms with E-state index < -0.39 is 15.9 Å². The fourth-order valence-electron chi connectivity index (χ4n) is 1.63. The number of benzene rings is 1. The van der Waals surface area contributed by atoms with Gasteiger partial charge in [0.05, 0.1) is 12.1 Å². The predicted octanol–water partition coefficient (Wildman–Crippen LogP) is 1.41. The molecule has 0 bridgehead atoms. The van der Waals surface area contributed by atoms with Gasteiger partial charge in [-0.3, -0.25) is 4.79 Å². The second-order valence-electron chi connectivity index (χ2n) is 3.77. The highest BCUT2D eigenvalue weighted by Crippen LogP contribution is 2.30. The number of nitrogens with zero attached hydrogens (tertiary/aromatic N) is 1. The van der Waals surface area contributed by atoms with Crippen LogP contribution in [0.15, 0.2) is 41.3 Å². The molecule has 0 fully saturated rings. The Morgan fingerprint density at radius 3 is 2.56 bits per heavy atom. The second kappa shape index (κ2) is 3.45. The average molecular weight is 237 g/mol. The summed E-state index contributed by atoms with van der Waals surface area (Å²) in [5.74, 6) is -0.474. The topological polar surface area (TPSA) is 54.5 Å². The zero-order chi connectivity index (χ0) is 11.9. The number of carbonyl (C=O) groups excluding carboxylic acids is 1. The monoisotopic (exact) mass is 237 g/mol. The van der Waals surface area contributed by atoms with Crippen LogP contribution in [0.5, 0.6) is 0 Å². The van der Waals surface area contributed by atoms with Crippen molar-refractivity contribution in [1.29, 1.82) is 0 Å². The van der Waals surface area contributed by atoms with E-state index in [0.717, 1.165) is 4.31 Å². The molecule has 0 unspecified atom stereocenters. The van der Waals surface area contributed by atoms with Crippen molar-refractivity contribution >= 4 is 15.9 Å². The zero-order valence-corrected chi connectivity index (χ0v) is 9.62. The van der Waals surface area contributed by atoms with Crippen molar-refractivity contribution in [2.24, 2.45) is 0 Å². The first-order valence-corrected chi connectivity index (χ1v) is 6.19. The summed E-state index contributed by atoms with van der Waals surface area (Å²) in [4.78, 5) is 11.9. The van der Waals surface area contributed by atoms with Gasteiger partial charge in [0.15, 0.2) is 0 Å². The van der Waals surface area contributed by atoms with Gasteiger partial charge < -0.3 is 0 Å². The van der Waals surface area contributed by atoms with E-state index in [1.807, 2.05) is 0 Å². The quantitative estimate of drug-likeness (QED) is 0.731. The molecule has 1 aromatic carbocycles. The number of hydrogen-bond donors (Lipinski definition) is 0. The largest absolute Gasteiger partial charge is 0.269 e. The lowest BCUT2D eigenvalue weighted by Gasteiger charge is -2.14. The van der Waals surface area contributed by atoms with E-state index in [2.05, 4.69) is 6.58 Å². The standard InChI is InChI=1S/C11H11NO3S/c1-8(2)7-12-11(13)9-5-3-4-6-10(9)16(12,14)15/h3-6H,1,7H2,2H3. The van der Waals surface area contributed by atoms with E-state index in [1.54, 1.807) is 19.1 Å². The molecule has 1 aliphatic heterocycles. The summed E-state index contributed by atoms with van der Waals surface area (Å²) in [6.07, 6.45) is 0. The average Bonchev–Trinajstić information content (AvgIpc) is 2.41. The molecule has 0 N–H and O–H groups in total. The molecule has 16 heavy (non-hydrogen) atoms. The fraction of sp³-hybridized carbons (Fsp3) is 0.182. The number of hydrogen-bond acceptors (Lipinski definition) is 3. The van der Waals surface area contributed by atoms with Crippen molar-refractivity contribution in [2.75, 3.05) is 6.54 Å². The highest BCUT2D eigenvalue weighted by atomic mass is 32.2.